The van der Waals surface area contributed by atoms with Gasteiger partial charge in [0.2, 0.25) is 5.91 Å². The fraction of sp³-hybridized carbons (Fsp3) is 0.591. The van der Waals surface area contributed by atoms with Crippen LogP contribution in [-0.2, 0) is 14.3 Å². The van der Waals surface area contributed by atoms with Crippen LogP contribution < -0.4 is 14.4 Å². The Balaban J connectivity index is 1.30. The smallest absolute Gasteiger partial charge is 0.325 e. The van der Waals surface area contributed by atoms with Gasteiger partial charge in [-0.15, -0.1) is 0 Å². The highest BCUT2D eigenvalue weighted by Crippen LogP contribution is 2.32. The lowest BCUT2D eigenvalue weighted by atomic mass is 10.2. The predicted molar refractivity (Wildman–Crippen MR) is 116 cm³/mol. The summed E-state index contributed by atoms with van der Waals surface area (Å²) in [4.78, 5) is 44.9. The second-order valence-electron chi connectivity index (χ2n) is 8.10. The highest BCUT2D eigenvalue weighted by atomic mass is 16.5. The molecule has 3 aliphatic heterocycles. The minimum Gasteiger partial charge on any atom is -0.493 e. The van der Waals surface area contributed by atoms with Crippen molar-refractivity contribution >= 4 is 23.5 Å². The number of carbonyl (C=O) groups excluding carboxylic acids is 3. The van der Waals surface area contributed by atoms with Crippen LogP contribution in [-0.4, -0.2) is 105 Å². The summed E-state index contributed by atoms with van der Waals surface area (Å²) in [7, 11) is 3.11. The van der Waals surface area contributed by atoms with E-state index in [0.29, 0.717) is 63.1 Å². The maximum Gasteiger partial charge on any atom is 0.325 e. The molecule has 10 heteroatoms. The summed E-state index contributed by atoms with van der Waals surface area (Å²) in [6.45, 7) is 3.56. The van der Waals surface area contributed by atoms with Crippen LogP contribution in [0.2, 0.25) is 0 Å². The van der Waals surface area contributed by atoms with Gasteiger partial charge < -0.3 is 28.9 Å². The zero-order chi connectivity index (χ0) is 22.7. The molecule has 1 atom stereocenters. The third-order valence-electron chi connectivity index (χ3n) is 6.25. The number of rotatable bonds is 6. The lowest BCUT2D eigenvalue weighted by molar-refractivity contribution is -0.146. The van der Waals surface area contributed by atoms with E-state index < -0.39 is 0 Å². The number of piperazine rings is 1. The van der Waals surface area contributed by atoms with E-state index in [1.54, 1.807) is 52.0 Å². The molecule has 0 aromatic heterocycles. The van der Waals surface area contributed by atoms with Gasteiger partial charge in [-0.2, -0.15) is 0 Å². The maximum atomic E-state index is 12.9. The van der Waals surface area contributed by atoms with Crippen LogP contribution in [0.25, 0.3) is 0 Å². The minimum atomic E-state index is -0.331. The van der Waals surface area contributed by atoms with Gasteiger partial charge in [0, 0.05) is 57.6 Å². The Kier molecular flexibility index (Phi) is 6.69. The molecule has 3 saturated heterocycles. The summed E-state index contributed by atoms with van der Waals surface area (Å²) in [5, 5.41) is 0. The number of benzene rings is 1. The first-order valence-corrected chi connectivity index (χ1v) is 11.0. The SMILES string of the molecule is COc1ccc(N2CCN(CC(=O)N3CCN(C(=O)C4CCCO4)CC3)C2=O)cc1OC. The van der Waals surface area contributed by atoms with E-state index in [2.05, 4.69) is 0 Å². The third-order valence-corrected chi connectivity index (χ3v) is 6.25. The number of nitrogens with zero attached hydrogens (tertiary/aromatic N) is 4. The molecule has 0 aliphatic carbocycles. The third kappa shape index (κ3) is 4.45. The van der Waals surface area contributed by atoms with Gasteiger partial charge in [-0.05, 0) is 25.0 Å². The molecule has 3 fully saturated rings. The molecule has 4 rings (SSSR count). The molecule has 1 aromatic carbocycles. The molecular formula is C22H30N4O6. The van der Waals surface area contributed by atoms with Gasteiger partial charge in [-0.3, -0.25) is 14.5 Å². The molecule has 0 spiro atoms. The maximum absolute atomic E-state index is 12.9. The molecule has 32 heavy (non-hydrogen) atoms. The van der Waals surface area contributed by atoms with E-state index >= 15 is 0 Å². The molecule has 1 unspecified atom stereocenters. The number of urea groups is 1. The molecule has 0 radical (unpaired) electrons. The fourth-order valence-corrected chi connectivity index (χ4v) is 4.38. The molecule has 3 aliphatic rings. The summed E-state index contributed by atoms with van der Waals surface area (Å²) in [6.07, 6.45) is 1.35. The minimum absolute atomic E-state index is 0.0230. The molecule has 10 nitrogen and oxygen atoms in total. The zero-order valence-corrected chi connectivity index (χ0v) is 18.6. The van der Waals surface area contributed by atoms with Crippen LogP contribution in [0.5, 0.6) is 11.5 Å². The standard InChI is InChI=1S/C22H30N4O6/c1-30-17-6-5-16(14-19(17)31-2)26-12-11-25(22(26)29)15-20(27)23-7-9-24(10-8-23)21(28)18-4-3-13-32-18/h5-6,14,18H,3-4,7-13,15H2,1-2H3. The Morgan fingerprint density at radius 2 is 1.72 bits per heavy atom. The van der Waals surface area contributed by atoms with Crippen molar-refractivity contribution in [2.24, 2.45) is 0 Å². The van der Waals surface area contributed by atoms with Crippen molar-refractivity contribution in [1.82, 2.24) is 14.7 Å². The van der Waals surface area contributed by atoms with Crippen molar-refractivity contribution in [3.8, 4) is 11.5 Å². The van der Waals surface area contributed by atoms with Gasteiger partial charge in [0.1, 0.15) is 12.6 Å². The lowest BCUT2D eigenvalue weighted by Crippen LogP contribution is -2.54. The number of methoxy groups -OCH3 is 2. The predicted octanol–water partition coefficient (Wildman–Crippen LogP) is 0.796. The zero-order valence-electron chi connectivity index (χ0n) is 18.6. The number of amides is 4. The van der Waals surface area contributed by atoms with Gasteiger partial charge >= 0.3 is 6.03 Å². The van der Waals surface area contributed by atoms with E-state index in [9.17, 15) is 14.4 Å². The Labute approximate surface area is 187 Å². The number of anilines is 1. The average molecular weight is 447 g/mol. The molecule has 0 bridgehead atoms. The van der Waals surface area contributed by atoms with Crippen molar-refractivity contribution in [3.63, 3.8) is 0 Å². The van der Waals surface area contributed by atoms with Crippen molar-refractivity contribution in [1.29, 1.82) is 0 Å². The van der Waals surface area contributed by atoms with Gasteiger partial charge in [-0.25, -0.2) is 4.79 Å². The number of hydrogen-bond donors (Lipinski definition) is 0. The van der Waals surface area contributed by atoms with Gasteiger partial charge in [0.05, 0.1) is 14.2 Å². The first kappa shape index (κ1) is 22.2. The van der Waals surface area contributed by atoms with E-state index in [4.69, 9.17) is 14.2 Å². The molecular weight excluding hydrogens is 416 g/mol. The highest BCUT2D eigenvalue weighted by molar-refractivity contribution is 5.96. The molecule has 3 heterocycles. The summed E-state index contributed by atoms with van der Waals surface area (Å²) < 4.78 is 16.1. The van der Waals surface area contributed by atoms with Crippen molar-refractivity contribution in [3.05, 3.63) is 18.2 Å². The van der Waals surface area contributed by atoms with Gasteiger partial charge in [0.25, 0.3) is 5.91 Å². The molecule has 0 saturated carbocycles. The summed E-state index contributed by atoms with van der Waals surface area (Å²) in [5.41, 5.74) is 0.698. The quantitative estimate of drug-likeness (QED) is 0.642. The van der Waals surface area contributed by atoms with Crippen LogP contribution in [0, 0.1) is 0 Å². The number of ether oxygens (including phenoxy) is 3. The normalized spacial score (nSPS) is 21.3. The number of carbonyl (C=O) groups is 3. The Morgan fingerprint density at radius 3 is 2.38 bits per heavy atom. The molecule has 1 aromatic rings. The van der Waals surface area contributed by atoms with Crippen molar-refractivity contribution < 1.29 is 28.6 Å². The topological polar surface area (TPSA) is 91.9 Å². The van der Waals surface area contributed by atoms with Crippen molar-refractivity contribution in [2.75, 3.05) is 71.5 Å². The monoisotopic (exact) mass is 446 g/mol. The van der Waals surface area contributed by atoms with Crippen LogP contribution in [0.1, 0.15) is 12.8 Å². The van der Waals surface area contributed by atoms with Crippen LogP contribution in [0.15, 0.2) is 18.2 Å². The fourth-order valence-electron chi connectivity index (χ4n) is 4.38. The molecule has 174 valence electrons. The van der Waals surface area contributed by atoms with Crippen LogP contribution >= 0.6 is 0 Å². The van der Waals surface area contributed by atoms with E-state index in [1.807, 2.05) is 0 Å². The second-order valence-corrected chi connectivity index (χ2v) is 8.10. The van der Waals surface area contributed by atoms with Crippen molar-refractivity contribution in [2.45, 2.75) is 18.9 Å². The Bertz CT molecular complexity index is 864. The summed E-state index contributed by atoms with van der Waals surface area (Å²) >= 11 is 0. The summed E-state index contributed by atoms with van der Waals surface area (Å²) in [5.74, 6) is 1.06. The molecule has 4 amide bonds. The van der Waals surface area contributed by atoms with E-state index in [1.165, 1.54) is 0 Å². The lowest BCUT2D eigenvalue weighted by Gasteiger charge is -2.36. The van der Waals surface area contributed by atoms with Gasteiger partial charge in [0.15, 0.2) is 11.5 Å². The van der Waals surface area contributed by atoms with Gasteiger partial charge in [-0.1, -0.05) is 0 Å². The Morgan fingerprint density at radius 1 is 1.00 bits per heavy atom. The average Bonchev–Trinajstić information content (AvgIpc) is 3.49. The van der Waals surface area contributed by atoms with Crippen LogP contribution in [0.4, 0.5) is 10.5 Å². The first-order valence-electron chi connectivity index (χ1n) is 11.0. The number of hydrogen-bond acceptors (Lipinski definition) is 6. The second kappa shape index (κ2) is 9.64. The largest absolute Gasteiger partial charge is 0.493 e. The van der Waals surface area contributed by atoms with Crippen LogP contribution in [0.3, 0.4) is 0 Å². The summed E-state index contributed by atoms with van der Waals surface area (Å²) in [6, 6.07) is 5.10. The highest BCUT2D eigenvalue weighted by Gasteiger charge is 2.34. The first-order chi connectivity index (χ1) is 15.5. The molecule has 0 N–H and O–H groups in total. The Hall–Kier alpha value is -3.01. The van der Waals surface area contributed by atoms with E-state index in [0.717, 1.165) is 12.8 Å². The van der Waals surface area contributed by atoms with E-state index in [-0.39, 0.29) is 30.5 Å².